The van der Waals surface area contributed by atoms with Gasteiger partial charge in [-0.15, -0.1) is 0 Å². The van der Waals surface area contributed by atoms with Gasteiger partial charge in [0.05, 0.1) is 18.6 Å². The number of rotatable bonds is 7. The van der Waals surface area contributed by atoms with Crippen LogP contribution in [-0.4, -0.2) is 31.0 Å². The molecule has 0 spiro atoms. The Hall–Kier alpha value is -2.66. The molecule has 2 saturated carbocycles. The Bertz CT molecular complexity index is 954. The fourth-order valence-corrected chi connectivity index (χ4v) is 5.32. The van der Waals surface area contributed by atoms with Crippen LogP contribution in [0.1, 0.15) is 55.6 Å². The van der Waals surface area contributed by atoms with Crippen molar-refractivity contribution in [1.82, 2.24) is 5.32 Å². The van der Waals surface area contributed by atoms with Gasteiger partial charge in [0.1, 0.15) is 6.54 Å². The molecule has 0 bridgehead atoms. The van der Waals surface area contributed by atoms with Crippen molar-refractivity contribution in [2.75, 3.05) is 18.1 Å². The fourth-order valence-electron chi connectivity index (χ4n) is 5.32. The Morgan fingerprint density at radius 1 is 1.03 bits per heavy atom. The maximum absolute atomic E-state index is 13.6. The van der Waals surface area contributed by atoms with Crippen molar-refractivity contribution in [1.29, 1.82) is 0 Å². The number of carbonyl (C=O) groups excluding carboxylic acids is 2. The molecule has 1 heterocycles. The molecular formula is C26H30N2O3. The third-order valence-electron chi connectivity index (χ3n) is 7.09. The van der Waals surface area contributed by atoms with Gasteiger partial charge in [-0.3, -0.25) is 9.59 Å². The predicted molar refractivity (Wildman–Crippen MR) is 120 cm³/mol. The number of hydrogen-bond acceptors (Lipinski definition) is 3. The SMILES string of the molecule is O=C(CN1C(=O)[C@@]2(COCc3ccccc3)C[C@H]2c2ccccc21)NC1CCCCC1. The van der Waals surface area contributed by atoms with Gasteiger partial charge < -0.3 is 15.0 Å². The maximum atomic E-state index is 13.6. The van der Waals surface area contributed by atoms with E-state index in [1.165, 1.54) is 19.3 Å². The van der Waals surface area contributed by atoms with Crippen LogP contribution in [0.25, 0.3) is 0 Å². The molecule has 2 aliphatic carbocycles. The second kappa shape index (κ2) is 8.46. The van der Waals surface area contributed by atoms with Crippen molar-refractivity contribution in [2.24, 2.45) is 5.41 Å². The number of nitrogens with zero attached hydrogens (tertiary/aromatic N) is 1. The molecule has 5 nitrogen and oxygen atoms in total. The lowest BCUT2D eigenvalue weighted by atomic mass is 9.91. The average Bonchev–Trinajstić information content (AvgIpc) is 3.54. The number of para-hydroxylation sites is 1. The monoisotopic (exact) mass is 418 g/mol. The number of hydrogen-bond donors (Lipinski definition) is 1. The minimum Gasteiger partial charge on any atom is -0.376 e. The summed E-state index contributed by atoms with van der Waals surface area (Å²) in [5.74, 6) is 0.155. The van der Waals surface area contributed by atoms with Crippen LogP contribution in [0.3, 0.4) is 0 Å². The van der Waals surface area contributed by atoms with E-state index in [2.05, 4.69) is 11.4 Å². The third kappa shape index (κ3) is 3.99. The van der Waals surface area contributed by atoms with Crippen LogP contribution in [0.2, 0.25) is 0 Å². The van der Waals surface area contributed by atoms with Crippen molar-refractivity contribution in [3.63, 3.8) is 0 Å². The van der Waals surface area contributed by atoms with Gasteiger partial charge in [-0.2, -0.15) is 0 Å². The Balaban J connectivity index is 1.30. The number of nitrogens with one attached hydrogen (secondary N) is 1. The Morgan fingerprint density at radius 2 is 1.77 bits per heavy atom. The van der Waals surface area contributed by atoms with Crippen LogP contribution in [0.4, 0.5) is 5.69 Å². The standard InChI is InChI=1S/C26H30N2O3/c29-24(27-20-11-5-2-6-12-20)16-28-23-14-8-7-13-21(23)22-15-26(22,25(28)30)18-31-17-19-9-3-1-4-10-19/h1,3-4,7-10,13-14,20,22H,2,5-6,11-12,15-18H2,(H,27,29)/t22-,26+/m0/s1. The molecule has 2 atom stereocenters. The summed E-state index contributed by atoms with van der Waals surface area (Å²) in [5, 5.41) is 3.16. The molecule has 0 saturated heterocycles. The van der Waals surface area contributed by atoms with Gasteiger partial charge in [0, 0.05) is 17.6 Å². The van der Waals surface area contributed by atoms with E-state index in [0.717, 1.165) is 36.1 Å². The van der Waals surface area contributed by atoms with Crippen LogP contribution >= 0.6 is 0 Å². The molecule has 5 heteroatoms. The van der Waals surface area contributed by atoms with E-state index >= 15 is 0 Å². The van der Waals surface area contributed by atoms with E-state index in [-0.39, 0.29) is 30.3 Å². The highest BCUT2D eigenvalue weighted by Crippen LogP contribution is 2.65. The molecular weight excluding hydrogens is 388 g/mol. The third-order valence-corrected chi connectivity index (χ3v) is 7.09. The van der Waals surface area contributed by atoms with E-state index in [0.29, 0.717) is 13.2 Å². The van der Waals surface area contributed by atoms with E-state index < -0.39 is 5.41 Å². The Kier molecular flexibility index (Phi) is 5.53. The van der Waals surface area contributed by atoms with Gasteiger partial charge >= 0.3 is 0 Å². The second-order valence-electron chi connectivity index (χ2n) is 9.24. The molecule has 0 unspecified atom stereocenters. The zero-order valence-corrected chi connectivity index (χ0v) is 17.9. The highest BCUT2D eigenvalue weighted by atomic mass is 16.5. The number of fused-ring (bicyclic) bond motifs is 3. The van der Waals surface area contributed by atoms with Crippen molar-refractivity contribution >= 4 is 17.5 Å². The minimum absolute atomic E-state index is 0.0306. The van der Waals surface area contributed by atoms with Gasteiger partial charge in [-0.1, -0.05) is 67.8 Å². The summed E-state index contributed by atoms with van der Waals surface area (Å²) in [7, 11) is 0. The van der Waals surface area contributed by atoms with Gasteiger partial charge in [-0.05, 0) is 36.5 Å². The zero-order valence-electron chi connectivity index (χ0n) is 17.9. The van der Waals surface area contributed by atoms with Crippen LogP contribution in [0.5, 0.6) is 0 Å². The molecule has 2 amide bonds. The summed E-state index contributed by atoms with van der Waals surface area (Å²) < 4.78 is 6.02. The smallest absolute Gasteiger partial charge is 0.240 e. The van der Waals surface area contributed by atoms with Crippen LogP contribution in [-0.2, 0) is 20.9 Å². The van der Waals surface area contributed by atoms with E-state index in [9.17, 15) is 9.59 Å². The fraction of sp³-hybridized carbons (Fsp3) is 0.462. The molecule has 162 valence electrons. The molecule has 2 aromatic carbocycles. The summed E-state index contributed by atoms with van der Waals surface area (Å²) in [6.07, 6.45) is 6.45. The molecule has 0 aromatic heterocycles. The van der Waals surface area contributed by atoms with Crippen molar-refractivity contribution in [2.45, 2.75) is 57.1 Å². The quantitative estimate of drug-likeness (QED) is 0.734. The summed E-state index contributed by atoms with van der Waals surface area (Å²) in [6, 6.07) is 18.3. The lowest BCUT2D eigenvalue weighted by Gasteiger charge is -2.34. The number of carbonyl (C=O) groups is 2. The molecule has 1 N–H and O–H groups in total. The first-order valence-electron chi connectivity index (χ1n) is 11.5. The van der Waals surface area contributed by atoms with E-state index in [4.69, 9.17) is 4.74 Å². The highest BCUT2D eigenvalue weighted by Gasteiger charge is 2.65. The van der Waals surface area contributed by atoms with E-state index in [1.807, 2.05) is 48.5 Å². The Labute approximate surface area is 183 Å². The second-order valence-corrected chi connectivity index (χ2v) is 9.24. The topological polar surface area (TPSA) is 58.6 Å². The summed E-state index contributed by atoms with van der Waals surface area (Å²) >= 11 is 0. The van der Waals surface area contributed by atoms with Crippen molar-refractivity contribution < 1.29 is 14.3 Å². The van der Waals surface area contributed by atoms with Gasteiger partial charge in [-0.25, -0.2) is 0 Å². The average molecular weight is 419 g/mol. The van der Waals surface area contributed by atoms with Gasteiger partial charge in [0.2, 0.25) is 11.8 Å². The largest absolute Gasteiger partial charge is 0.376 e. The molecule has 2 aromatic rings. The number of benzene rings is 2. The molecule has 1 aliphatic heterocycles. The van der Waals surface area contributed by atoms with E-state index in [1.54, 1.807) is 4.90 Å². The lowest BCUT2D eigenvalue weighted by Crippen LogP contribution is -2.49. The first kappa shape index (κ1) is 20.3. The van der Waals surface area contributed by atoms with Gasteiger partial charge in [0.15, 0.2) is 0 Å². The highest BCUT2D eigenvalue weighted by molar-refractivity contribution is 6.07. The molecule has 3 aliphatic rings. The number of ether oxygens (including phenoxy) is 1. The maximum Gasteiger partial charge on any atom is 0.240 e. The molecule has 31 heavy (non-hydrogen) atoms. The molecule has 2 fully saturated rings. The number of amides is 2. The molecule has 0 radical (unpaired) electrons. The van der Waals surface area contributed by atoms with Crippen LogP contribution in [0, 0.1) is 5.41 Å². The lowest BCUT2D eigenvalue weighted by molar-refractivity contribution is -0.129. The molecule has 5 rings (SSSR count). The van der Waals surface area contributed by atoms with Crippen LogP contribution in [0.15, 0.2) is 54.6 Å². The Morgan fingerprint density at radius 3 is 2.58 bits per heavy atom. The minimum atomic E-state index is -0.533. The number of anilines is 1. The summed E-state index contributed by atoms with van der Waals surface area (Å²) in [6.45, 7) is 0.965. The van der Waals surface area contributed by atoms with Gasteiger partial charge in [0.25, 0.3) is 0 Å². The van der Waals surface area contributed by atoms with Crippen molar-refractivity contribution in [3.05, 3.63) is 65.7 Å². The zero-order chi connectivity index (χ0) is 21.3. The van der Waals surface area contributed by atoms with Crippen molar-refractivity contribution in [3.8, 4) is 0 Å². The first-order chi connectivity index (χ1) is 15.2. The normalized spacial score (nSPS) is 25.0. The summed E-state index contributed by atoms with van der Waals surface area (Å²) in [5.41, 5.74) is 2.61. The van der Waals surface area contributed by atoms with Crippen LogP contribution < -0.4 is 10.2 Å². The predicted octanol–water partition coefficient (Wildman–Crippen LogP) is 4.17. The summed E-state index contributed by atoms with van der Waals surface area (Å²) in [4.78, 5) is 28.1. The first-order valence-corrected chi connectivity index (χ1v) is 11.5.